The summed E-state index contributed by atoms with van der Waals surface area (Å²) in [6, 6.07) is 20.1. The molecule has 18 heavy (non-hydrogen) atoms. The average molecular weight is 259 g/mol. The van der Waals surface area contributed by atoms with E-state index in [4.69, 9.17) is 0 Å². The van der Waals surface area contributed by atoms with Crippen LogP contribution in [-0.4, -0.2) is 23.5 Å². The summed E-state index contributed by atoms with van der Waals surface area (Å²) in [6.07, 6.45) is -0.351. The number of rotatable bonds is 6. The first kappa shape index (κ1) is 13.0. The molecule has 0 aliphatic heterocycles. The van der Waals surface area contributed by atoms with Crippen LogP contribution in [0.3, 0.4) is 0 Å². The van der Waals surface area contributed by atoms with Crippen LogP contribution in [0.15, 0.2) is 65.6 Å². The van der Waals surface area contributed by atoms with E-state index in [0.717, 1.165) is 5.69 Å². The maximum atomic E-state index is 9.89. The molecule has 0 spiro atoms. The number of hydrogen-bond acceptors (Lipinski definition) is 3. The maximum absolute atomic E-state index is 9.89. The first-order chi connectivity index (χ1) is 8.84. The fraction of sp³-hybridized carbons (Fsp3) is 0.200. The highest BCUT2D eigenvalue weighted by Crippen LogP contribution is 2.18. The maximum Gasteiger partial charge on any atom is 0.0806 e. The third-order valence-corrected chi connectivity index (χ3v) is 3.66. The van der Waals surface area contributed by atoms with E-state index < -0.39 is 0 Å². The number of aliphatic hydroxyl groups excluding tert-OH is 1. The molecule has 0 saturated heterocycles. The van der Waals surface area contributed by atoms with E-state index in [0.29, 0.717) is 12.3 Å². The molecular formula is C15H17NOS. The Balaban J connectivity index is 1.71. The smallest absolute Gasteiger partial charge is 0.0806 e. The van der Waals surface area contributed by atoms with E-state index in [1.54, 1.807) is 11.8 Å². The van der Waals surface area contributed by atoms with Gasteiger partial charge >= 0.3 is 0 Å². The van der Waals surface area contributed by atoms with Crippen molar-refractivity contribution in [3.05, 3.63) is 60.7 Å². The summed E-state index contributed by atoms with van der Waals surface area (Å²) in [6.45, 7) is 0.573. The number of para-hydroxylation sites is 1. The minimum atomic E-state index is -0.351. The van der Waals surface area contributed by atoms with Gasteiger partial charge in [0.1, 0.15) is 0 Å². The van der Waals surface area contributed by atoms with Crippen LogP contribution in [0.5, 0.6) is 0 Å². The second kappa shape index (κ2) is 7.09. The lowest BCUT2D eigenvalue weighted by atomic mass is 10.3. The van der Waals surface area contributed by atoms with Crippen LogP contribution < -0.4 is 5.32 Å². The van der Waals surface area contributed by atoms with Crippen LogP contribution in [0.1, 0.15) is 0 Å². The van der Waals surface area contributed by atoms with Crippen LogP contribution in [0.25, 0.3) is 0 Å². The highest BCUT2D eigenvalue weighted by molar-refractivity contribution is 7.99. The fourth-order valence-corrected chi connectivity index (χ4v) is 2.41. The zero-order chi connectivity index (χ0) is 12.6. The SMILES string of the molecule is OC(CNc1ccccc1)CSc1ccccc1. The molecule has 2 N–H and O–H groups in total. The lowest BCUT2D eigenvalue weighted by molar-refractivity contribution is 0.213. The third kappa shape index (κ3) is 4.43. The van der Waals surface area contributed by atoms with Crippen molar-refractivity contribution in [1.29, 1.82) is 0 Å². The van der Waals surface area contributed by atoms with Gasteiger partial charge in [-0.2, -0.15) is 0 Å². The van der Waals surface area contributed by atoms with Gasteiger partial charge in [0.05, 0.1) is 6.10 Å². The standard InChI is InChI=1S/C15H17NOS/c17-14(11-16-13-7-3-1-4-8-13)12-18-15-9-5-2-6-10-15/h1-10,14,16-17H,11-12H2. The summed E-state index contributed by atoms with van der Waals surface area (Å²) < 4.78 is 0. The summed E-state index contributed by atoms with van der Waals surface area (Å²) in [5.41, 5.74) is 1.04. The Morgan fingerprint density at radius 3 is 2.22 bits per heavy atom. The van der Waals surface area contributed by atoms with Gasteiger partial charge in [0.25, 0.3) is 0 Å². The van der Waals surface area contributed by atoms with Crippen LogP contribution in [0, 0.1) is 0 Å². The van der Waals surface area contributed by atoms with Crippen LogP contribution >= 0.6 is 11.8 Å². The lowest BCUT2D eigenvalue weighted by Gasteiger charge is -2.12. The van der Waals surface area contributed by atoms with E-state index in [2.05, 4.69) is 17.4 Å². The normalized spacial score (nSPS) is 12.1. The van der Waals surface area contributed by atoms with Gasteiger partial charge in [-0.1, -0.05) is 36.4 Å². The van der Waals surface area contributed by atoms with E-state index in [1.807, 2.05) is 48.5 Å². The second-order valence-electron chi connectivity index (χ2n) is 4.02. The molecule has 0 aromatic heterocycles. The Morgan fingerprint density at radius 2 is 1.56 bits per heavy atom. The summed E-state index contributed by atoms with van der Waals surface area (Å²) in [5, 5.41) is 13.1. The molecule has 0 amide bonds. The van der Waals surface area contributed by atoms with Crippen molar-refractivity contribution in [1.82, 2.24) is 0 Å². The Kier molecular flexibility index (Phi) is 5.12. The van der Waals surface area contributed by atoms with Gasteiger partial charge in [0.2, 0.25) is 0 Å². The van der Waals surface area contributed by atoms with E-state index >= 15 is 0 Å². The number of nitrogens with one attached hydrogen (secondary N) is 1. The van der Waals surface area contributed by atoms with E-state index in [-0.39, 0.29) is 6.10 Å². The summed E-state index contributed by atoms with van der Waals surface area (Å²) >= 11 is 1.67. The van der Waals surface area contributed by atoms with E-state index in [1.165, 1.54) is 4.90 Å². The molecule has 0 aliphatic rings. The van der Waals surface area contributed by atoms with Crippen molar-refractivity contribution in [2.24, 2.45) is 0 Å². The fourth-order valence-electron chi connectivity index (χ4n) is 1.56. The average Bonchev–Trinajstić information content (AvgIpc) is 2.45. The highest BCUT2D eigenvalue weighted by Gasteiger charge is 2.04. The number of aliphatic hydroxyl groups is 1. The quantitative estimate of drug-likeness (QED) is 0.781. The van der Waals surface area contributed by atoms with Gasteiger partial charge in [-0.15, -0.1) is 11.8 Å². The molecular weight excluding hydrogens is 242 g/mol. The molecule has 0 radical (unpaired) electrons. The van der Waals surface area contributed by atoms with Crippen LogP contribution in [0.2, 0.25) is 0 Å². The van der Waals surface area contributed by atoms with Crippen molar-refractivity contribution in [3.8, 4) is 0 Å². The topological polar surface area (TPSA) is 32.3 Å². The Morgan fingerprint density at radius 1 is 0.944 bits per heavy atom. The molecule has 2 nitrogen and oxygen atoms in total. The third-order valence-electron chi connectivity index (χ3n) is 2.50. The largest absolute Gasteiger partial charge is 0.390 e. The van der Waals surface area contributed by atoms with Gasteiger partial charge in [0, 0.05) is 22.9 Å². The molecule has 0 fully saturated rings. The molecule has 1 unspecified atom stereocenters. The molecule has 0 saturated carbocycles. The minimum Gasteiger partial charge on any atom is -0.390 e. The summed E-state index contributed by atoms with van der Waals surface area (Å²) in [4.78, 5) is 1.19. The molecule has 2 aromatic carbocycles. The van der Waals surface area contributed by atoms with Crippen LogP contribution in [0.4, 0.5) is 5.69 Å². The van der Waals surface area contributed by atoms with Gasteiger partial charge in [-0.3, -0.25) is 0 Å². The molecule has 1 atom stereocenters. The Labute approximate surface area is 112 Å². The first-order valence-electron chi connectivity index (χ1n) is 5.99. The Hall–Kier alpha value is -1.45. The molecule has 0 heterocycles. The summed E-state index contributed by atoms with van der Waals surface area (Å²) in [7, 11) is 0. The summed E-state index contributed by atoms with van der Waals surface area (Å²) in [5.74, 6) is 0.698. The minimum absolute atomic E-state index is 0.351. The van der Waals surface area contributed by atoms with Crippen molar-refractivity contribution in [2.75, 3.05) is 17.6 Å². The predicted octanol–water partition coefficient (Wildman–Crippen LogP) is 3.25. The number of hydrogen-bond donors (Lipinski definition) is 2. The van der Waals surface area contributed by atoms with E-state index in [9.17, 15) is 5.11 Å². The molecule has 0 aliphatic carbocycles. The zero-order valence-corrected chi connectivity index (χ0v) is 10.9. The number of benzene rings is 2. The molecule has 0 bridgehead atoms. The molecule has 94 valence electrons. The second-order valence-corrected chi connectivity index (χ2v) is 5.12. The van der Waals surface area contributed by atoms with Crippen molar-refractivity contribution in [2.45, 2.75) is 11.0 Å². The van der Waals surface area contributed by atoms with Crippen LogP contribution in [-0.2, 0) is 0 Å². The molecule has 3 heteroatoms. The number of anilines is 1. The van der Waals surface area contributed by atoms with Gasteiger partial charge in [-0.25, -0.2) is 0 Å². The zero-order valence-electron chi connectivity index (χ0n) is 10.1. The number of thioether (sulfide) groups is 1. The van der Waals surface area contributed by atoms with Gasteiger partial charge < -0.3 is 10.4 Å². The highest BCUT2D eigenvalue weighted by atomic mass is 32.2. The predicted molar refractivity (Wildman–Crippen MR) is 78.1 cm³/mol. The van der Waals surface area contributed by atoms with Gasteiger partial charge in [-0.05, 0) is 24.3 Å². The lowest BCUT2D eigenvalue weighted by Crippen LogP contribution is -2.21. The van der Waals surface area contributed by atoms with Crippen molar-refractivity contribution < 1.29 is 5.11 Å². The Bertz CT molecular complexity index is 403. The molecule has 2 rings (SSSR count). The molecule has 2 aromatic rings. The van der Waals surface area contributed by atoms with Gasteiger partial charge in [0.15, 0.2) is 0 Å². The van der Waals surface area contributed by atoms with Crippen molar-refractivity contribution >= 4 is 17.4 Å². The van der Waals surface area contributed by atoms with Crippen molar-refractivity contribution in [3.63, 3.8) is 0 Å². The first-order valence-corrected chi connectivity index (χ1v) is 6.98. The monoisotopic (exact) mass is 259 g/mol.